The molecule has 1 aliphatic rings. The third-order valence-electron chi connectivity index (χ3n) is 6.39. The molecule has 2 N–H and O–H groups in total. The van der Waals surface area contributed by atoms with Crippen LogP contribution in [0.2, 0.25) is 0 Å². The fourth-order valence-electron chi connectivity index (χ4n) is 4.50. The van der Waals surface area contributed by atoms with Gasteiger partial charge in [-0.1, -0.05) is 64.0 Å². The van der Waals surface area contributed by atoms with Crippen LogP contribution in [0.3, 0.4) is 0 Å². The lowest BCUT2D eigenvalue weighted by Gasteiger charge is -2.41. The number of quaternary nitrogens is 1. The van der Waals surface area contributed by atoms with Crippen molar-refractivity contribution in [3.05, 3.63) is 24.6 Å². The summed E-state index contributed by atoms with van der Waals surface area (Å²) in [5.41, 5.74) is 0. The number of rotatable bonds is 17. The zero-order valence-corrected chi connectivity index (χ0v) is 19.7. The fraction of sp³-hybridized carbons (Fsp3) is 0.800. The lowest BCUT2D eigenvalue weighted by Crippen LogP contribution is -2.62. The number of amides is 1. The second kappa shape index (κ2) is 15.5. The molecule has 0 aliphatic carbocycles. The molecule has 29 heavy (non-hydrogen) atoms. The van der Waals surface area contributed by atoms with Crippen LogP contribution in [-0.4, -0.2) is 29.3 Å². The summed E-state index contributed by atoms with van der Waals surface area (Å²) >= 11 is 0. The Labute approximate surface area is 180 Å². The van der Waals surface area contributed by atoms with Crippen molar-refractivity contribution in [3.8, 4) is 0 Å². The number of hydrogen-bond donors (Lipinski definition) is 2. The third-order valence-corrected chi connectivity index (χ3v) is 6.39. The normalized spacial score (nSPS) is 22.1. The van der Waals surface area contributed by atoms with Crippen LogP contribution in [0.1, 0.15) is 111 Å². The fourth-order valence-corrected chi connectivity index (χ4v) is 4.50. The molecule has 1 rings (SSSR count). The molecule has 168 valence electrons. The van der Waals surface area contributed by atoms with Gasteiger partial charge in [-0.2, -0.15) is 0 Å². The largest absolute Gasteiger partial charge is 0.338 e. The highest BCUT2D eigenvalue weighted by Crippen LogP contribution is 2.26. The Hall–Kier alpha value is -1.29. The maximum absolute atomic E-state index is 11.5. The number of hydrogen-bond acceptors (Lipinski definition) is 2. The van der Waals surface area contributed by atoms with E-state index in [1.807, 2.05) is 0 Å². The van der Waals surface area contributed by atoms with Crippen LogP contribution < -0.4 is 10.6 Å². The van der Waals surface area contributed by atoms with Crippen LogP contribution in [0, 0.1) is 0 Å². The maximum atomic E-state index is 11.5. The van der Waals surface area contributed by atoms with Crippen LogP contribution in [0.15, 0.2) is 24.6 Å². The smallest absolute Gasteiger partial charge is 0.221 e. The first-order valence-corrected chi connectivity index (χ1v) is 12.3. The molecule has 3 unspecified atom stereocenters. The first-order chi connectivity index (χ1) is 14.1. The van der Waals surface area contributed by atoms with Gasteiger partial charge in [-0.3, -0.25) is 9.28 Å². The summed E-state index contributed by atoms with van der Waals surface area (Å²) in [7, 11) is 0. The van der Waals surface area contributed by atoms with Gasteiger partial charge in [-0.25, -0.2) is 0 Å². The number of nitrogens with zero attached hydrogens (tertiary/aromatic N) is 1. The zero-order valence-electron chi connectivity index (χ0n) is 19.7. The van der Waals surface area contributed by atoms with Crippen molar-refractivity contribution >= 4 is 5.91 Å². The minimum absolute atomic E-state index is 0.0482. The van der Waals surface area contributed by atoms with Crippen molar-refractivity contribution in [2.45, 2.75) is 123 Å². The summed E-state index contributed by atoms with van der Waals surface area (Å²) in [4.78, 5) is 11.5. The Bertz CT molecular complexity index is 488. The SMILES string of the molecule is CCCCCCCC/C=C/CCCCCCC1NC=C[N+]1(CC)C(C)NC(C)=O. The van der Waals surface area contributed by atoms with E-state index < -0.39 is 0 Å². The van der Waals surface area contributed by atoms with E-state index in [0.717, 1.165) is 17.4 Å². The Kier molecular flexibility index (Phi) is 13.8. The molecule has 4 heteroatoms. The molecule has 1 aliphatic heterocycles. The molecule has 0 saturated carbocycles. The second-order valence-electron chi connectivity index (χ2n) is 8.71. The van der Waals surface area contributed by atoms with Gasteiger partial charge in [-0.05, 0) is 39.0 Å². The molecule has 0 fully saturated rings. The first kappa shape index (κ1) is 25.7. The van der Waals surface area contributed by atoms with Gasteiger partial charge in [-0.15, -0.1) is 0 Å². The van der Waals surface area contributed by atoms with Crippen LogP contribution in [0.4, 0.5) is 0 Å². The minimum Gasteiger partial charge on any atom is -0.338 e. The summed E-state index contributed by atoms with van der Waals surface area (Å²) < 4.78 is 0.806. The number of unbranched alkanes of at least 4 members (excludes halogenated alkanes) is 10. The highest BCUT2D eigenvalue weighted by molar-refractivity contribution is 5.72. The third kappa shape index (κ3) is 9.84. The number of carbonyl (C=O) groups excluding carboxylic acids is 1. The van der Waals surface area contributed by atoms with Gasteiger partial charge in [0.15, 0.2) is 12.3 Å². The maximum Gasteiger partial charge on any atom is 0.221 e. The van der Waals surface area contributed by atoms with Gasteiger partial charge in [0.05, 0.1) is 12.7 Å². The summed E-state index contributed by atoms with van der Waals surface area (Å²) in [6.45, 7) is 9.19. The highest BCUT2D eigenvalue weighted by Gasteiger charge is 2.41. The Morgan fingerprint density at radius 1 is 1.00 bits per heavy atom. The van der Waals surface area contributed by atoms with E-state index in [1.165, 1.54) is 77.0 Å². The standard InChI is InChI=1S/C25H47N3O/c1-5-7-8-9-10-11-12-13-14-15-16-17-18-19-20-25-26-21-22-28(25,6-2)23(3)27-24(4)29/h13-14,21-23,25-26H,5-12,15-20H2,1-4H3/p+1/b14-13+. The van der Waals surface area contributed by atoms with Gasteiger partial charge in [0.25, 0.3) is 0 Å². The molecular formula is C25H48N3O+. The quantitative estimate of drug-likeness (QED) is 0.168. The topological polar surface area (TPSA) is 41.1 Å². The molecule has 3 atom stereocenters. The molecular weight excluding hydrogens is 358 g/mol. The molecule has 0 spiro atoms. The van der Waals surface area contributed by atoms with E-state index in [1.54, 1.807) is 6.92 Å². The molecule has 1 heterocycles. The van der Waals surface area contributed by atoms with Crippen molar-refractivity contribution in [1.29, 1.82) is 0 Å². The van der Waals surface area contributed by atoms with Crippen LogP contribution in [0.25, 0.3) is 0 Å². The summed E-state index contributed by atoms with van der Waals surface area (Å²) in [5.74, 6) is 0.0482. The Morgan fingerprint density at radius 2 is 1.59 bits per heavy atom. The van der Waals surface area contributed by atoms with E-state index in [4.69, 9.17) is 0 Å². The minimum atomic E-state index is 0.0482. The van der Waals surface area contributed by atoms with Crippen molar-refractivity contribution in [3.63, 3.8) is 0 Å². The van der Waals surface area contributed by atoms with E-state index in [9.17, 15) is 4.79 Å². The van der Waals surface area contributed by atoms with Crippen LogP contribution >= 0.6 is 0 Å². The van der Waals surface area contributed by atoms with Gasteiger partial charge in [0.2, 0.25) is 5.91 Å². The predicted molar refractivity (Wildman–Crippen MR) is 125 cm³/mol. The molecule has 0 radical (unpaired) electrons. The summed E-state index contributed by atoms with van der Waals surface area (Å²) in [6, 6.07) is 0. The van der Waals surface area contributed by atoms with Crippen LogP contribution in [0.5, 0.6) is 0 Å². The van der Waals surface area contributed by atoms with Crippen molar-refractivity contribution in [2.24, 2.45) is 0 Å². The molecule has 4 nitrogen and oxygen atoms in total. The monoisotopic (exact) mass is 406 g/mol. The van der Waals surface area contributed by atoms with Gasteiger partial charge < -0.3 is 10.6 Å². The van der Waals surface area contributed by atoms with Crippen molar-refractivity contribution in [1.82, 2.24) is 10.6 Å². The number of nitrogens with one attached hydrogen (secondary N) is 2. The van der Waals surface area contributed by atoms with Gasteiger partial charge in [0.1, 0.15) is 6.20 Å². The van der Waals surface area contributed by atoms with Gasteiger partial charge >= 0.3 is 0 Å². The summed E-state index contributed by atoms with van der Waals surface area (Å²) in [5, 5.41) is 6.62. The number of carbonyl (C=O) groups is 1. The van der Waals surface area contributed by atoms with Gasteiger partial charge in [0, 0.05) is 20.3 Å². The predicted octanol–water partition coefficient (Wildman–Crippen LogP) is 6.35. The molecule has 0 saturated heterocycles. The van der Waals surface area contributed by atoms with E-state index in [2.05, 4.69) is 56.0 Å². The Morgan fingerprint density at radius 3 is 2.17 bits per heavy atom. The van der Waals surface area contributed by atoms with E-state index >= 15 is 0 Å². The molecule has 0 aromatic rings. The second-order valence-corrected chi connectivity index (χ2v) is 8.71. The molecule has 0 bridgehead atoms. The van der Waals surface area contributed by atoms with Crippen molar-refractivity contribution in [2.75, 3.05) is 6.54 Å². The average Bonchev–Trinajstić information content (AvgIpc) is 3.12. The average molecular weight is 407 g/mol. The lowest BCUT2D eigenvalue weighted by molar-refractivity contribution is -0.923. The molecule has 1 amide bonds. The first-order valence-electron chi connectivity index (χ1n) is 12.3. The Balaban J connectivity index is 2.10. The van der Waals surface area contributed by atoms with Crippen LogP contribution in [-0.2, 0) is 4.79 Å². The molecule has 0 aromatic carbocycles. The highest BCUT2D eigenvalue weighted by atomic mass is 16.1. The molecule has 0 aromatic heterocycles. The van der Waals surface area contributed by atoms with E-state index in [0.29, 0.717) is 6.17 Å². The lowest BCUT2D eigenvalue weighted by atomic mass is 10.1. The van der Waals surface area contributed by atoms with Crippen molar-refractivity contribution < 1.29 is 9.28 Å². The number of allylic oxidation sites excluding steroid dienone is 2. The summed E-state index contributed by atoms with van der Waals surface area (Å²) in [6.07, 6.45) is 26.7. The zero-order chi connectivity index (χ0) is 21.4. The van der Waals surface area contributed by atoms with E-state index in [-0.39, 0.29) is 12.1 Å².